The molecule has 1 rings (SSSR count). The highest BCUT2D eigenvalue weighted by Crippen LogP contribution is 2.19. The molecular weight excluding hydrogens is 200 g/mol. The molecule has 1 saturated heterocycles. The van der Waals surface area contributed by atoms with Crippen LogP contribution in [-0.4, -0.2) is 43.3 Å². The summed E-state index contributed by atoms with van der Waals surface area (Å²) in [6, 6.07) is 0. The van der Waals surface area contributed by atoms with Gasteiger partial charge in [-0.2, -0.15) is 0 Å². The van der Waals surface area contributed by atoms with Crippen LogP contribution < -0.4 is 0 Å². The predicted octanol–water partition coefficient (Wildman–Crippen LogP) is 1.09. The smallest absolute Gasteiger partial charge is 0.434 e. The first-order chi connectivity index (χ1) is 7.26. The Morgan fingerprint density at radius 2 is 2.13 bits per heavy atom. The molecule has 1 N–H and O–H groups in total. The van der Waals surface area contributed by atoms with Crippen molar-refractivity contribution in [3.63, 3.8) is 0 Å². The molecule has 0 unspecified atom stereocenters. The Morgan fingerprint density at radius 1 is 1.40 bits per heavy atom. The Kier molecular flexibility index (Phi) is 5.42. The zero-order valence-electron chi connectivity index (χ0n) is 8.98. The minimum atomic E-state index is -0.645. The molecule has 0 amide bonds. The highest BCUT2D eigenvalue weighted by atomic mass is 16.7. The van der Waals surface area contributed by atoms with Gasteiger partial charge in [0.1, 0.15) is 6.61 Å². The van der Waals surface area contributed by atoms with Crippen LogP contribution in [0.3, 0.4) is 0 Å². The summed E-state index contributed by atoms with van der Waals surface area (Å²) in [6.07, 6.45) is 1.55. The lowest BCUT2D eigenvalue weighted by molar-refractivity contribution is -0.0294. The van der Waals surface area contributed by atoms with Crippen LogP contribution in [-0.2, 0) is 14.2 Å². The molecule has 1 aliphatic rings. The lowest BCUT2D eigenvalue weighted by Crippen LogP contribution is -2.21. The van der Waals surface area contributed by atoms with Crippen LogP contribution in [0.5, 0.6) is 0 Å². The fourth-order valence-electron chi connectivity index (χ4n) is 1.43. The fourth-order valence-corrected chi connectivity index (χ4v) is 1.43. The lowest BCUT2D eigenvalue weighted by Gasteiger charge is -2.12. The van der Waals surface area contributed by atoms with Gasteiger partial charge in [-0.05, 0) is 19.3 Å². The summed E-state index contributed by atoms with van der Waals surface area (Å²) in [6.45, 7) is 2.53. The number of carbonyl (C=O) groups is 1. The highest BCUT2D eigenvalue weighted by molar-refractivity contribution is 5.59. The zero-order chi connectivity index (χ0) is 11.1. The van der Waals surface area contributed by atoms with Gasteiger partial charge < -0.3 is 19.3 Å². The van der Waals surface area contributed by atoms with Crippen LogP contribution in [0.1, 0.15) is 26.2 Å². The minimum Gasteiger partial charge on any atom is -0.434 e. The van der Waals surface area contributed by atoms with Crippen molar-refractivity contribution >= 4 is 6.16 Å². The summed E-state index contributed by atoms with van der Waals surface area (Å²) in [5.74, 6) is 0. The van der Waals surface area contributed by atoms with E-state index in [4.69, 9.17) is 19.3 Å². The second-order valence-corrected chi connectivity index (χ2v) is 3.55. The van der Waals surface area contributed by atoms with E-state index in [1.165, 1.54) is 0 Å². The molecule has 15 heavy (non-hydrogen) atoms. The Morgan fingerprint density at radius 3 is 2.73 bits per heavy atom. The summed E-state index contributed by atoms with van der Waals surface area (Å²) in [4.78, 5) is 11.0. The largest absolute Gasteiger partial charge is 0.508 e. The SMILES string of the molecule is CCCOC(=O)OC[C@H]1CC[C@@H](CO)O1. The van der Waals surface area contributed by atoms with Gasteiger partial charge in [-0.1, -0.05) is 6.92 Å². The van der Waals surface area contributed by atoms with Crippen molar-refractivity contribution < 1.29 is 24.1 Å². The van der Waals surface area contributed by atoms with E-state index in [1.54, 1.807) is 0 Å². The molecule has 5 heteroatoms. The molecule has 1 fully saturated rings. The maximum Gasteiger partial charge on any atom is 0.508 e. The quantitative estimate of drug-likeness (QED) is 0.700. The van der Waals surface area contributed by atoms with E-state index in [-0.39, 0.29) is 25.4 Å². The van der Waals surface area contributed by atoms with Gasteiger partial charge in [0.25, 0.3) is 0 Å². The topological polar surface area (TPSA) is 65.0 Å². The predicted molar refractivity (Wildman–Crippen MR) is 52.6 cm³/mol. The van der Waals surface area contributed by atoms with E-state index >= 15 is 0 Å². The maximum absolute atomic E-state index is 11.0. The van der Waals surface area contributed by atoms with E-state index in [0.717, 1.165) is 19.3 Å². The molecule has 5 nitrogen and oxygen atoms in total. The molecule has 0 aromatic heterocycles. The van der Waals surface area contributed by atoms with Crippen molar-refractivity contribution in [3.8, 4) is 0 Å². The van der Waals surface area contributed by atoms with Gasteiger partial charge in [0.15, 0.2) is 0 Å². The lowest BCUT2D eigenvalue weighted by atomic mass is 10.2. The molecule has 0 radical (unpaired) electrons. The zero-order valence-corrected chi connectivity index (χ0v) is 8.98. The molecular formula is C10H18O5. The number of aliphatic hydroxyl groups is 1. The second-order valence-electron chi connectivity index (χ2n) is 3.55. The first-order valence-corrected chi connectivity index (χ1v) is 5.32. The average molecular weight is 218 g/mol. The number of aliphatic hydroxyl groups excluding tert-OH is 1. The third kappa shape index (κ3) is 4.48. The van der Waals surface area contributed by atoms with Crippen molar-refractivity contribution in [1.29, 1.82) is 0 Å². The number of hydrogen-bond donors (Lipinski definition) is 1. The van der Waals surface area contributed by atoms with Crippen LogP contribution in [0.2, 0.25) is 0 Å². The van der Waals surface area contributed by atoms with Crippen molar-refractivity contribution in [2.45, 2.75) is 38.4 Å². The Bertz CT molecular complexity index is 194. The first kappa shape index (κ1) is 12.3. The maximum atomic E-state index is 11.0. The standard InChI is InChI=1S/C10H18O5/c1-2-5-13-10(12)14-7-9-4-3-8(6-11)15-9/h8-9,11H,2-7H2,1H3/t8-,9+/m0/s1. The van der Waals surface area contributed by atoms with Crippen LogP contribution in [0.15, 0.2) is 0 Å². The Balaban J connectivity index is 2.07. The fraction of sp³-hybridized carbons (Fsp3) is 0.900. The molecule has 88 valence electrons. The van der Waals surface area contributed by atoms with E-state index < -0.39 is 6.16 Å². The number of carbonyl (C=O) groups excluding carboxylic acids is 1. The molecule has 1 heterocycles. The van der Waals surface area contributed by atoms with Gasteiger partial charge >= 0.3 is 6.16 Å². The van der Waals surface area contributed by atoms with Gasteiger partial charge in [0.2, 0.25) is 0 Å². The molecule has 0 spiro atoms. The van der Waals surface area contributed by atoms with Gasteiger partial charge in [-0.3, -0.25) is 0 Å². The summed E-state index contributed by atoms with van der Waals surface area (Å²) >= 11 is 0. The highest BCUT2D eigenvalue weighted by Gasteiger charge is 2.25. The number of rotatable bonds is 5. The monoisotopic (exact) mass is 218 g/mol. The van der Waals surface area contributed by atoms with Crippen molar-refractivity contribution in [2.24, 2.45) is 0 Å². The molecule has 0 aromatic rings. The van der Waals surface area contributed by atoms with E-state index in [9.17, 15) is 4.79 Å². The third-order valence-corrected chi connectivity index (χ3v) is 2.21. The first-order valence-electron chi connectivity index (χ1n) is 5.32. The van der Waals surface area contributed by atoms with Crippen LogP contribution >= 0.6 is 0 Å². The molecule has 1 aliphatic heterocycles. The molecule has 0 bridgehead atoms. The van der Waals surface area contributed by atoms with Crippen LogP contribution in [0, 0.1) is 0 Å². The van der Waals surface area contributed by atoms with Crippen molar-refractivity contribution in [2.75, 3.05) is 19.8 Å². The van der Waals surface area contributed by atoms with Gasteiger partial charge in [-0.25, -0.2) is 4.79 Å². The van der Waals surface area contributed by atoms with Gasteiger partial charge in [-0.15, -0.1) is 0 Å². The van der Waals surface area contributed by atoms with Crippen LogP contribution in [0.25, 0.3) is 0 Å². The molecule has 0 aliphatic carbocycles. The molecule has 2 atom stereocenters. The number of hydrogen-bond acceptors (Lipinski definition) is 5. The minimum absolute atomic E-state index is 0.0246. The molecule has 0 saturated carbocycles. The summed E-state index contributed by atoms with van der Waals surface area (Å²) in [5, 5.41) is 8.82. The van der Waals surface area contributed by atoms with Crippen LogP contribution in [0.4, 0.5) is 4.79 Å². The van der Waals surface area contributed by atoms with Gasteiger partial charge in [0, 0.05) is 0 Å². The summed E-state index contributed by atoms with van der Waals surface area (Å²) < 4.78 is 15.0. The average Bonchev–Trinajstić information content (AvgIpc) is 2.71. The number of ether oxygens (including phenoxy) is 3. The summed E-state index contributed by atoms with van der Waals surface area (Å²) in [5.41, 5.74) is 0. The molecule has 0 aromatic carbocycles. The van der Waals surface area contributed by atoms with E-state index in [0.29, 0.717) is 6.61 Å². The van der Waals surface area contributed by atoms with E-state index in [2.05, 4.69) is 0 Å². The Labute approximate surface area is 89.3 Å². The Hall–Kier alpha value is -0.810. The van der Waals surface area contributed by atoms with Crippen molar-refractivity contribution in [3.05, 3.63) is 0 Å². The second kappa shape index (κ2) is 6.63. The van der Waals surface area contributed by atoms with Gasteiger partial charge in [0.05, 0.1) is 25.4 Å². The third-order valence-electron chi connectivity index (χ3n) is 2.21. The summed E-state index contributed by atoms with van der Waals surface area (Å²) in [7, 11) is 0. The van der Waals surface area contributed by atoms with E-state index in [1.807, 2.05) is 6.92 Å². The van der Waals surface area contributed by atoms with Crippen molar-refractivity contribution in [1.82, 2.24) is 0 Å². The normalized spacial score (nSPS) is 25.2.